The van der Waals surface area contributed by atoms with Gasteiger partial charge < -0.3 is 15.1 Å². The number of furan rings is 1. The molecule has 9 heteroatoms. The Hall–Kier alpha value is -2.40. The zero-order chi connectivity index (χ0) is 20.6. The van der Waals surface area contributed by atoms with E-state index in [2.05, 4.69) is 36.8 Å². The van der Waals surface area contributed by atoms with Gasteiger partial charge in [0.15, 0.2) is 11.8 Å². The number of aliphatic imine (C=N–C) groups is 1. The number of nitrogens with one attached hydrogen (secondary N) is 2. The molecule has 1 saturated heterocycles. The topological polar surface area (TPSA) is 83.5 Å². The summed E-state index contributed by atoms with van der Waals surface area (Å²) in [5.41, 5.74) is 1.03. The highest BCUT2D eigenvalue weighted by molar-refractivity contribution is 14.0. The van der Waals surface area contributed by atoms with Crippen molar-refractivity contribution in [3.63, 3.8) is 0 Å². The summed E-state index contributed by atoms with van der Waals surface area (Å²) in [6.07, 6.45) is 7.25. The van der Waals surface area contributed by atoms with Crippen LogP contribution in [0.15, 0.2) is 64.5 Å². The van der Waals surface area contributed by atoms with Gasteiger partial charge in [-0.05, 0) is 50.2 Å². The number of aromatic nitrogens is 3. The number of likely N-dealkylation sites (tertiary alicyclic amines) is 1. The highest BCUT2D eigenvalue weighted by Crippen LogP contribution is 2.24. The molecule has 3 aromatic rings. The quantitative estimate of drug-likeness (QED) is 0.274. The molecule has 31 heavy (non-hydrogen) atoms. The molecule has 1 aliphatic rings. The van der Waals surface area contributed by atoms with Crippen molar-refractivity contribution in [1.29, 1.82) is 0 Å². The Labute approximate surface area is 200 Å². The van der Waals surface area contributed by atoms with Gasteiger partial charge in [-0.2, -0.15) is 0 Å². The van der Waals surface area contributed by atoms with Crippen LogP contribution in [0, 0.1) is 0 Å². The lowest BCUT2D eigenvalue weighted by atomic mass is 10.1. The van der Waals surface area contributed by atoms with Crippen molar-refractivity contribution in [2.75, 3.05) is 26.7 Å². The van der Waals surface area contributed by atoms with Gasteiger partial charge in [0.25, 0.3) is 0 Å². The lowest BCUT2D eigenvalue weighted by molar-refractivity contribution is 0.146. The van der Waals surface area contributed by atoms with E-state index < -0.39 is 0 Å². The lowest BCUT2D eigenvalue weighted by Gasteiger charge is -2.33. The fourth-order valence-electron chi connectivity index (χ4n) is 3.88. The van der Waals surface area contributed by atoms with E-state index in [0.717, 1.165) is 42.9 Å². The van der Waals surface area contributed by atoms with Gasteiger partial charge in [-0.25, -0.2) is 0 Å². The molecule has 4 rings (SSSR count). The molecule has 0 bridgehead atoms. The summed E-state index contributed by atoms with van der Waals surface area (Å²) in [6, 6.07) is 14.3. The Morgan fingerprint density at radius 3 is 2.61 bits per heavy atom. The number of hydrogen-bond acceptors (Lipinski definition) is 5. The SMILES string of the molecule is CN=C(NCc1nncn1-c1ccccc1)NCC(c1ccco1)N1CCCCC1.I. The molecule has 1 atom stereocenters. The largest absolute Gasteiger partial charge is 0.468 e. The van der Waals surface area contributed by atoms with Gasteiger partial charge >= 0.3 is 0 Å². The molecule has 8 nitrogen and oxygen atoms in total. The van der Waals surface area contributed by atoms with Crippen molar-refractivity contribution in [1.82, 2.24) is 30.3 Å². The molecule has 0 aliphatic carbocycles. The van der Waals surface area contributed by atoms with Gasteiger partial charge in [0.05, 0.1) is 18.8 Å². The molecule has 1 aliphatic heterocycles. The zero-order valence-electron chi connectivity index (χ0n) is 17.8. The number of hydrogen-bond donors (Lipinski definition) is 2. The number of nitrogens with zero attached hydrogens (tertiary/aromatic N) is 5. The van der Waals surface area contributed by atoms with E-state index in [9.17, 15) is 0 Å². The predicted molar refractivity (Wildman–Crippen MR) is 132 cm³/mol. The molecule has 0 saturated carbocycles. The summed E-state index contributed by atoms with van der Waals surface area (Å²) in [5.74, 6) is 2.54. The monoisotopic (exact) mass is 535 g/mol. The third-order valence-electron chi connectivity index (χ3n) is 5.46. The highest BCUT2D eigenvalue weighted by Gasteiger charge is 2.24. The average molecular weight is 535 g/mol. The highest BCUT2D eigenvalue weighted by atomic mass is 127. The molecule has 0 radical (unpaired) electrons. The van der Waals surface area contributed by atoms with E-state index in [1.165, 1.54) is 19.3 Å². The lowest BCUT2D eigenvalue weighted by Crippen LogP contribution is -2.44. The van der Waals surface area contributed by atoms with Crippen molar-refractivity contribution < 1.29 is 4.42 Å². The second-order valence-electron chi connectivity index (χ2n) is 7.39. The fourth-order valence-corrected chi connectivity index (χ4v) is 3.88. The maximum Gasteiger partial charge on any atom is 0.191 e. The first kappa shape index (κ1) is 23.3. The second-order valence-corrected chi connectivity index (χ2v) is 7.39. The molecule has 2 aromatic heterocycles. The van der Waals surface area contributed by atoms with Gasteiger partial charge in [0.2, 0.25) is 0 Å². The molecule has 1 unspecified atom stereocenters. The second kappa shape index (κ2) is 11.8. The van der Waals surface area contributed by atoms with Crippen molar-refractivity contribution in [3.05, 3.63) is 66.6 Å². The van der Waals surface area contributed by atoms with Crippen LogP contribution in [0.1, 0.15) is 36.9 Å². The number of rotatable bonds is 7. The summed E-state index contributed by atoms with van der Waals surface area (Å²) >= 11 is 0. The van der Waals surface area contributed by atoms with Gasteiger partial charge in [-0.1, -0.05) is 24.6 Å². The molecule has 0 amide bonds. The van der Waals surface area contributed by atoms with Crippen LogP contribution in [0.5, 0.6) is 0 Å². The first-order valence-corrected chi connectivity index (χ1v) is 10.5. The summed E-state index contributed by atoms with van der Waals surface area (Å²) in [7, 11) is 1.78. The molecule has 0 spiro atoms. The summed E-state index contributed by atoms with van der Waals surface area (Å²) < 4.78 is 7.71. The normalized spacial score (nSPS) is 15.8. The van der Waals surface area contributed by atoms with E-state index in [1.54, 1.807) is 19.6 Å². The van der Waals surface area contributed by atoms with Gasteiger partial charge in [-0.15, -0.1) is 34.2 Å². The van der Waals surface area contributed by atoms with Crippen LogP contribution in [0.3, 0.4) is 0 Å². The van der Waals surface area contributed by atoms with E-state index in [4.69, 9.17) is 4.42 Å². The van der Waals surface area contributed by atoms with E-state index in [1.807, 2.05) is 41.0 Å². The van der Waals surface area contributed by atoms with E-state index in [0.29, 0.717) is 6.54 Å². The third-order valence-corrected chi connectivity index (χ3v) is 5.46. The number of benzene rings is 1. The van der Waals surface area contributed by atoms with Crippen molar-refractivity contribution >= 4 is 29.9 Å². The predicted octanol–water partition coefficient (Wildman–Crippen LogP) is 3.37. The van der Waals surface area contributed by atoms with Crippen LogP contribution in [0.25, 0.3) is 5.69 Å². The maximum absolute atomic E-state index is 5.73. The molecule has 1 aromatic carbocycles. The molecule has 3 heterocycles. The van der Waals surface area contributed by atoms with E-state index >= 15 is 0 Å². The van der Waals surface area contributed by atoms with Crippen LogP contribution in [0.2, 0.25) is 0 Å². The Balaban J connectivity index is 0.00000272. The average Bonchev–Trinajstić information content (AvgIpc) is 3.50. The minimum absolute atomic E-state index is 0. The van der Waals surface area contributed by atoms with Crippen molar-refractivity contribution in [2.24, 2.45) is 4.99 Å². The Morgan fingerprint density at radius 2 is 1.90 bits per heavy atom. The van der Waals surface area contributed by atoms with E-state index in [-0.39, 0.29) is 30.0 Å². The van der Waals surface area contributed by atoms with Crippen molar-refractivity contribution in [2.45, 2.75) is 31.8 Å². The smallest absolute Gasteiger partial charge is 0.191 e. The molecule has 1 fully saturated rings. The molecular weight excluding hydrogens is 505 g/mol. The van der Waals surface area contributed by atoms with Crippen molar-refractivity contribution in [3.8, 4) is 5.69 Å². The molecule has 166 valence electrons. The fraction of sp³-hybridized carbons (Fsp3) is 0.409. The van der Waals surface area contributed by atoms with Crippen LogP contribution >= 0.6 is 24.0 Å². The first-order chi connectivity index (χ1) is 14.8. The van der Waals surface area contributed by atoms with Crippen LogP contribution < -0.4 is 10.6 Å². The Kier molecular flexibility index (Phi) is 8.89. The molecular formula is C22H30IN7O. The summed E-state index contributed by atoms with van der Waals surface area (Å²) in [6.45, 7) is 3.43. The number of piperidine rings is 1. The first-order valence-electron chi connectivity index (χ1n) is 10.5. The minimum Gasteiger partial charge on any atom is -0.468 e. The van der Waals surface area contributed by atoms with Crippen LogP contribution in [-0.4, -0.2) is 52.3 Å². The number of guanidine groups is 1. The van der Waals surface area contributed by atoms with Crippen LogP contribution in [-0.2, 0) is 6.54 Å². The Morgan fingerprint density at radius 1 is 1.10 bits per heavy atom. The number of halogens is 1. The third kappa shape index (κ3) is 6.07. The summed E-state index contributed by atoms with van der Waals surface area (Å²) in [4.78, 5) is 6.87. The maximum atomic E-state index is 5.73. The molecule has 2 N–H and O–H groups in total. The standard InChI is InChI=1S/C22H29N7O.HI/c1-23-22(25-16-21-27-26-17-29(21)18-9-4-2-5-10-18)24-15-19(20-11-8-14-30-20)28-12-6-3-7-13-28;/h2,4-5,8-11,14,17,19H,3,6-7,12-13,15-16H2,1H3,(H2,23,24,25);1H. The van der Waals surface area contributed by atoms with Gasteiger partial charge in [0.1, 0.15) is 12.1 Å². The Bertz CT molecular complexity index is 921. The van der Waals surface area contributed by atoms with Gasteiger partial charge in [0, 0.05) is 19.3 Å². The summed E-state index contributed by atoms with van der Waals surface area (Å²) in [5, 5.41) is 15.1. The van der Waals surface area contributed by atoms with Gasteiger partial charge in [-0.3, -0.25) is 14.5 Å². The number of para-hydroxylation sites is 1. The zero-order valence-corrected chi connectivity index (χ0v) is 20.1. The van der Waals surface area contributed by atoms with Crippen LogP contribution in [0.4, 0.5) is 0 Å². The minimum atomic E-state index is 0.